The number of aromatic nitrogens is 4. The molecule has 0 bridgehead atoms. The van der Waals surface area contributed by atoms with Gasteiger partial charge in [0.2, 0.25) is 0 Å². The van der Waals surface area contributed by atoms with Gasteiger partial charge in [-0.1, -0.05) is 27.6 Å². The van der Waals surface area contributed by atoms with Gasteiger partial charge in [0, 0.05) is 17.4 Å². The summed E-state index contributed by atoms with van der Waals surface area (Å²) < 4.78 is 8.49. The van der Waals surface area contributed by atoms with Gasteiger partial charge in [-0.2, -0.15) is 0 Å². The molecule has 0 aliphatic carbocycles. The summed E-state index contributed by atoms with van der Waals surface area (Å²) in [5.74, 6) is 2.12. The zero-order valence-electron chi connectivity index (χ0n) is 15.2. The van der Waals surface area contributed by atoms with Gasteiger partial charge in [0.25, 0.3) is 0 Å². The molecule has 0 atom stereocenters. The van der Waals surface area contributed by atoms with E-state index >= 15 is 0 Å². The molecule has 2 aromatic heterocycles. The predicted octanol–water partition coefficient (Wildman–Crippen LogP) is 4.13. The molecule has 0 fully saturated rings. The van der Waals surface area contributed by atoms with Crippen molar-refractivity contribution in [3.63, 3.8) is 0 Å². The van der Waals surface area contributed by atoms with E-state index in [2.05, 4.69) is 50.4 Å². The first kappa shape index (κ1) is 18.4. The maximum atomic E-state index is 6.02. The number of fused-ring (bicyclic) bond motifs is 1. The van der Waals surface area contributed by atoms with Crippen LogP contribution in [0.25, 0.3) is 11.2 Å². The topological polar surface area (TPSA) is 78.8 Å². The minimum absolute atomic E-state index is 0.405. The smallest absolute Gasteiger partial charge is 0.165 e. The van der Waals surface area contributed by atoms with E-state index in [1.807, 2.05) is 18.2 Å². The third-order valence-electron chi connectivity index (χ3n) is 4.15. The summed E-state index contributed by atoms with van der Waals surface area (Å²) in [6.07, 6.45) is 5.25. The summed E-state index contributed by atoms with van der Waals surface area (Å²) in [4.78, 5) is 13.2. The number of methoxy groups -OCH3 is 1. The maximum Gasteiger partial charge on any atom is 0.165 e. The highest BCUT2D eigenvalue weighted by molar-refractivity contribution is 9.10. The lowest BCUT2D eigenvalue weighted by Gasteiger charge is -2.10. The normalized spacial score (nSPS) is 10.9. The number of imidazole rings is 1. The molecule has 0 aliphatic heterocycles. The number of nitrogens with zero attached hydrogens (tertiary/aromatic N) is 4. The van der Waals surface area contributed by atoms with Gasteiger partial charge in [0.05, 0.1) is 7.11 Å². The van der Waals surface area contributed by atoms with Crippen LogP contribution in [0.5, 0.6) is 5.75 Å². The molecule has 0 amide bonds. The number of benzene rings is 1. The summed E-state index contributed by atoms with van der Waals surface area (Å²) in [5, 5.41) is 0. The number of ether oxygens (including phenoxy) is 1. The van der Waals surface area contributed by atoms with Gasteiger partial charge < -0.3 is 15.0 Å². The fourth-order valence-electron chi connectivity index (χ4n) is 2.84. The highest BCUT2D eigenvalue weighted by Crippen LogP contribution is 2.27. The summed E-state index contributed by atoms with van der Waals surface area (Å²) in [5.41, 5.74) is 9.82. The third kappa shape index (κ3) is 3.88. The van der Waals surface area contributed by atoms with Crippen LogP contribution in [0, 0.1) is 0 Å². The predicted molar refractivity (Wildman–Crippen MR) is 107 cm³/mol. The van der Waals surface area contributed by atoms with Crippen LogP contribution in [0.15, 0.2) is 40.6 Å². The Morgan fingerprint density at radius 3 is 2.85 bits per heavy atom. The zero-order chi connectivity index (χ0) is 18.7. The van der Waals surface area contributed by atoms with Gasteiger partial charge in [-0.25, -0.2) is 15.0 Å². The van der Waals surface area contributed by atoms with Crippen LogP contribution in [0.4, 0.5) is 5.82 Å². The van der Waals surface area contributed by atoms with E-state index in [4.69, 9.17) is 15.5 Å². The number of aryl methyl sites for hydroxylation is 1. The van der Waals surface area contributed by atoms with E-state index in [1.165, 1.54) is 11.9 Å². The monoisotopic (exact) mass is 415 g/mol. The Balaban J connectivity index is 2.04. The molecule has 0 radical (unpaired) electrons. The van der Waals surface area contributed by atoms with Gasteiger partial charge in [0.1, 0.15) is 17.9 Å². The second-order valence-corrected chi connectivity index (χ2v) is 7.17. The van der Waals surface area contributed by atoms with Crippen LogP contribution in [0.3, 0.4) is 0 Å². The molecule has 0 saturated heterocycles. The second kappa shape index (κ2) is 7.86. The van der Waals surface area contributed by atoms with Crippen LogP contribution in [-0.4, -0.2) is 26.6 Å². The average Bonchev–Trinajstić information content (AvgIpc) is 2.96. The van der Waals surface area contributed by atoms with Gasteiger partial charge in [-0.05, 0) is 44.0 Å². The van der Waals surface area contributed by atoms with Gasteiger partial charge in [-0.3, -0.25) is 0 Å². The van der Waals surface area contributed by atoms with Crippen molar-refractivity contribution >= 4 is 32.9 Å². The molecule has 3 aromatic rings. The Hall–Kier alpha value is -2.41. The van der Waals surface area contributed by atoms with Crippen LogP contribution < -0.4 is 10.5 Å². The van der Waals surface area contributed by atoms with Crippen LogP contribution >= 0.6 is 15.9 Å². The number of rotatable bonds is 6. The minimum atomic E-state index is 0.405. The first-order valence-electron chi connectivity index (χ1n) is 8.41. The summed E-state index contributed by atoms with van der Waals surface area (Å²) >= 11 is 3.62. The van der Waals surface area contributed by atoms with Crippen molar-refractivity contribution < 1.29 is 4.74 Å². The van der Waals surface area contributed by atoms with Gasteiger partial charge in [-0.15, -0.1) is 0 Å². The second-order valence-electron chi connectivity index (χ2n) is 6.32. The molecule has 1 aromatic carbocycles. The largest absolute Gasteiger partial charge is 0.497 e. The molecule has 136 valence electrons. The van der Waals surface area contributed by atoms with E-state index in [-0.39, 0.29) is 0 Å². The Kier molecular flexibility index (Phi) is 5.56. The minimum Gasteiger partial charge on any atom is -0.497 e. The van der Waals surface area contributed by atoms with E-state index in [0.717, 1.165) is 40.2 Å². The van der Waals surface area contributed by atoms with Gasteiger partial charge in [0.15, 0.2) is 17.0 Å². The third-order valence-corrected chi connectivity index (χ3v) is 4.92. The lowest BCUT2D eigenvalue weighted by Crippen LogP contribution is -2.06. The molecule has 2 heterocycles. The molecule has 6 nitrogen and oxygen atoms in total. The highest BCUT2D eigenvalue weighted by Gasteiger charge is 2.16. The van der Waals surface area contributed by atoms with Crippen molar-refractivity contribution in [1.82, 2.24) is 19.5 Å². The molecular weight excluding hydrogens is 394 g/mol. The number of hydrogen-bond donors (Lipinski definition) is 1. The van der Waals surface area contributed by atoms with Crippen molar-refractivity contribution in [2.45, 2.75) is 33.2 Å². The number of halogens is 1. The molecule has 3 rings (SSSR count). The quantitative estimate of drug-likeness (QED) is 0.612. The number of nitrogens with two attached hydrogens (primary N) is 1. The first-order valence-corrected chi connectivity index (χ1v) is 9.20. The van der Waals surface area contributed by atoms with E-state index in [9.17, 15) is 0 Å². The number of nitrogen functional groups attached to an aromatic ring is 1. The van der Waals surface area contributed by atoms with Crippen LogP contribution in [0.1, 0.15) is 31.7 Å². The fourth-order valence-corrected chi connectivity index (χ4v) is 3.22. The van der Waals surface area contributed by atoms with E-state index < -0.39 is 0 Å². The molecule has 2 N–H and O–H groups in total. The van der Waals surface area contributed by atoms with Gasteiger partial charge >= 0.3 is 0 Å². The standard InChI is InChI=1S/C19H22BrN5O/c1-12(2)5-4-8-25-16(24-17-18(21)22-11-23-19(17)25)10-13-9-14(26-3)6-7-15(13)20/h5-7,9,11H,4,8,10H2,1-3H3,(H2,21,22,23). The Morgan fingerprint density at radius 1 is 1.31 bits per heavy atom. The molecule has 7 heteroatoms. The number of anilines is 1. The Labute approximate surface area is 161 Å². The molecule has 0 saturated carbocycles. The average molecular weight is 416 g/mol. The van der Waals surface area contributed by atoms with Crippen molar-refractivity contribution in [2.75, 3.05) is 12.8 Å². The van der Waals surface area contributed by atoms with Crippen molar-refractivity contribution in [1.29, 1.82) is 0 Å². The molecular formula is C19H22BrN5O. The first-order chi connectivity index (χ1) is 12.5. The lowest BCUT2D eigenvalue weighted by atomic mass is 10.1. The van der Waals surface area contributed by atoms with Crippen molar-refractivity contribution in [3.8, 4) is 5.75 Å². The maximum absolute atomic E-state index is 6.02. The SMILES string of the molecule is COc1ccc(Br)c(Cc2nc3c(N)ncnc3n2CCC=C(C)C)c1. The molecule has 0 aliphatic rings. The number of hydrogen-bond acceptors (Lipinski definition) is 5. The number of allylic oxidation sites excluding steroid dienone is 2. The summed E-state index contributed by atoms with van der Waals surface area (Å²) in [6.45, 7) is 4.98. The van der Waals surface area contributed by atoms with Crippen molar-refractivity contribution in [3.05, 3.63) is 52.0 Å². The van der Waals surface area contributed by atoms with E-state index in [1.54, 1.807) is 7.11 Å². The Bertz CT molecular complexity index is 960. The highest BCUT2D eigenvalue weighted by atomic mass is 79.9. The van der Waals surface area contributed by atoms with Crippen LogP contribution in [-0.2, 0) is 13.0 Å². The van der Waals surface area contributed by atoms with E-state index in [0.29, 0.717) is 17.8 Å². The zero-order valence-corrected chi connectivity index (χ0v) is 16.7. The van der Waals surface area contributed by atoms with Crippen molar-refractivity contribution in [2.24, 2.45) is 0 Å². The lowest BCUT2D eigenvalue weighted by molar-refractivity contribution is 0.414. The summed E-state index contributed by atoms with van der Waals surface area (Å²) in [6, 6.07) is 5.92. The fraction of sp³-hybridized carbons (Fsp3) is 0.316. The van der Waals surface area contributed by atoms with Crippen LogP contribution in [0.2, 0.25) is 0 Å². The molecule has 0 unspecified atom stereocenters. The molecule has 0 spiro atoms. The Morgan fingerprint density at radius 2 is 2.12 bits per heavy atom. The molecule has 26 heavy (non-hydrogen) atoms. The summed E-state index contributed by atoms with van der Waals surface area (Å²) in [7, 11) is 1.66.